The number of halogens is 3. The maximum Gasteiger partial charge on any atom is 0.415 e. The topological polar surface area (TPSA) is 49.5 Å². The SMILES string of the molecule is Nc1ccc(C2CCN(CC(O)C(F)(F)F)CC2)c2ccccc12. The molecule has 0 radical (unpaired) electrons. The van der Waals surface area contributed by atoms with Crippen LogP contribution >= 0.6 is 0 Å². The molecule has 0 amide bonds. The van der Waals surface area contributed by atoms with Crippen LogP contribution in [0.5, 0.6) is 0 Å². The molecule has 0 aromatic heterocycles. The maximum atomic E-state index is 12.5. The highest BCUT2D eigenvalue weighted by Gasteiger charge is 2.39. The van der Waals surface area contributed by atoms with Gasteiger partial charge < -0.3 is 15.7 Å². The lowest BCUT2D eigenvalue weighted by atomic mass is 9.86. The lowest BCUT2D eigenvalue weighted by Crippen LogP contribution is -2.43. The number of anilines is 1. The molecule has 0 aliphatic carbocycles. The average molecular weight is 338 g/mol. The van der Waals surface area contributed by atoms with Gasteiger partial charge in [-0.3, -0.25) is 0 Å². The van der Waals surface area contributed by atoms with Gasteiger partial charge in [0.2, 0.25) is 0 Å². The van der Waals surface area contributed by atoms with E-state index in [-0.39, 0.29) is 6.54 Å². The van der Waals surface area contributed by atoms with Crippen molar-refractivity contribution in [3.63, 3.8) is 0 Å². The molecule has 1 aliphatic rings. The van der Waals surface area contributed by atoms with Crippen molar-refractivity contribution in [1.29, 1.82) is 0 Å². The largest absolute Gasteiger partial charge is 0.415 e. The molecule has 0 spiro atoms. The number of nitrogens with zero attached hydrogens (tertiary/aromatic N) is 1. The average Bonchev–Trinajstić information content (AvgIpc) is 2.56. The summed E-state index contributed by atoms with van der Waals surface area (Å²) in [4.78, 5) is 1.69. The zero-order valence-electron chi connectivity index (χ0n) is 13.3. The van der Waals surface area contributed by atoms with E-state index in [1.165, 1.54) is 5.56 Å². The second-order valence-corrected chi connectivity index (χ2v) is 6.42. The van der Waals surface area contributed by atoms with E-state index < -0.39 is 12.3 Å². The van der Waals surface area contributed by atoms with Crippen LogP contribution in [0.2, 0.25) is 0 Å². The van der Waals surface area contributed by atoms with Crippen molar-refractivity contribution in [3.05, 3.63) is 42.0 Å². The second-order valence-electron chi connectivity index (χ2n) is 6.42. The highest BCUT2D eigenvalue weighted by Crippen LogP contribution is 2.35. The minimum absolute atomic E-state index is 0.301. The first-order valence-electron chi connectivity index (χ1n) is 8.10. The van der Waals surface area contributed by atoms with Gasteiger partial charge in [0.1, 0.15) is 0 Å². The van der Waals surface area contributed by atoms with Crippen LogP contribution in [-0.2, 0) is 0 Å². The molecule has 0 bridgehead atoms. The van der Waals surface area contributed by atoms with Gasteiger partial charge in [-0.2, -0.15) is 13.2 Å². The summed E-state index contributed by atoms with van der Waals surface area (Å²) >= 11 is 0. The third kappa shape index (κ3) is 3.49. The Morgan fingerprint density at radius 3 is 2.33 bits per heavy atom. The lowest BCUT2D eigenvalue weighted by molar-refractivity contribution is -0.208. The van der Waals surface area contributed by atoms with Gasteiger partial charge in [-0.25, -0.2) is 0 Å². The van der Waals surface area contributed by atoms with Crippen molar-refractivity contribution >= 4 is 16.5 Å². The van der Waals surface area contributed by atoms with Crippen LogP contribution in [0.25, 0.3) is 10.8 Å². The van der Waals surface area contributed by atoms with Gasteiger partial charge in [-0.1, -0.05) is 30.3 Å². The number of likely N-dealkylation sites (tertiary alicyclic amines) is 1. The number of nitrogens with two attached hydrogens (primary N) is 1. The van der Waals surface area contributed by atoms with Gasteiger partial charge in [-0.05, 0) is 48.9 Å². The number of benzene rings is 2. The van der Waals surface area contributed by atoms with Crippen molar-refractivity contribution in [1.82, 2.24) is 4.90 Å². The van der Waals surface area contributed by atoms with Gasteiger partial charge in [-0.15, -0.1) is 0 Å². The van der Waals surface area contributed by atoms with E-state index in [1.807, 2.05) is 36.4 Å². The summed E-state index contributed by atoms with van der Waals surface area (Å²) in [5.74, 6) is 0.301. The van der Waals surface area contributed by atoms with Gasteiger partial charge in [0.25, 0.3) is 0 Å². The maximum absolute atomic E-state index is 12.5. The number of aliphatic hydroxyl groups is 1. The smallest absolute Gasteiger partial charge is 0.398 e. The Labute approximate surface area is 138 Å². The zero-order valence-corrected chi connectivity index (χ0v) is 13.3. The van der Waals surface area contributed by atoms with E-state index >= 15 is 0 Å². The van der Waals surface area contributed by atoms with Crippen LogP contribution in [0.1, 0.15) is 24.3 Å². The van der Waals surface area contributed by atoms with Crippen LogP contribution in [0.15, 0.2) is 36.4 Å². The predicted molar refractivity (Wildman–Crippen MR) is 88.8 cm³/mol. The standard InChI is InChI=1S/C18H21F3N2O/c19-18(20,21)17(24)11-23-9-7-12(8-10-23)13-5-6-16(22)15-4-2-1-3-14(13)15/h1-6,12,17,24H,7-11,22H2. The number of nitrogen functional groups attached to an aromatic ring is 1. The Kier molecular flexibility index (Phi) is 4.69. The van der Waals surface area contributed by atoms with Crippen LogP contribution in [-0.4, -0.2) is 41.9 Å². The summed E-state index contributed by atoms with van der Waals surface area (Å²) in [6.07, 6.45) is -5.27. The second kappa shape index (κ2) is 6.61. The molecule has 3 rings (SSSR count). The van der Waals surface area contributed by atoms with Crippen molar-refractivity contribution in [3.8, 4) is 0 Å². The molecule has 1 atom stereocenters. The lowest BCUT2D eigenvalue weighted by Gasteiger charge is -2.34. The van der Waals surface area contributed by atoms with E-state index in [0.29, 0.717) is 19.0 Å². The fourth-order valence-corrected chi connectivity index (χ4v) is 3.48. The summed E-state index contributed by atoms with van der Waals surface area (Å²) in [6, 6.07) is 11.9. The molecule has 2 aromatic carbocycles. The Balaban J connectivity index is 1.71. The third-order valence-electron chi connectivity index (χ3n) is 4.83. The molecule has 6 heteroatoms. The monoisotopic (exact) mass is 338 g/mol. The number of hydrogen-bond donors (Lipinski definition) is 2. The first kappa shape index (κ1) is 17.0. The van der Waals surface area contributed by atoms with Crippen molar-refractivity contribution in [2.45, 2.75) is 31.0 Å². The molecule has 3 nitrogen and oxygen atoms in total. The zero-order chi connectivity index (χ0) is 17.3. The predicted octanol–water partition coefficient (Wildman–Crippen LogP) is 3.52. The number of alkyl halides is 3. The highest BCUT2D eigenvalue weighted by molar-refractivity contribution is 5.95. The number of aliphatic hydroxyl groups excluding tert-OH is 1. The molecular formula is C18H21F3N2O. The third-order valence-corrected chi connectivity index (χ3v) is 4.83. The minimum atomic E-state index is -4.55. The quantitative estimate of drug-likeness (QED) is 0.842. The molecule has 1 heterocycles. The Bertz CT molecular complexity index is 709. The number of piperidine rings is 1. The van der Waals surface area contributed by atoms with Crippen molar-refractivity contribution in [2.75, 3.05) is 25.4 Å². The van der Waals surface area contributed by atoms with Gasteiger partial charge in [0.05, 0.1) is 0 Å². The first-order valence-corrected chi connectivity index (χ1v) is 8.10. The highest BCUT2D eigenvalue weighted by atomic mass is 19.4. The number of rotatable bonds is 3. The van der Waals surface area contributed by atoms with Gasteiger partial charge >= 0.3 is 6.18 Å². The summed E-state index contributed by atoms with van der Waals surface area (Å²) in [5.41, 5.74) is 7.97. The summed E-state index contributed by atoms with van der Waals surface area (Å²) < 4.78 is 37.4. The molecular weight excluding hydrogens is 317 g/mol. The molecule has 2 aromatic rings. The van der Waals surface area contributed by atoms with E-state index in [2.05, 4.69) is 0 Å². The summed E-state index contributed by atoms with van der Waals surface area (Å²) in [6.45, 7) is 0.756. The molecule has 1 saturated heterocycles. The van der Waals surface area contributed by atoms with Crippen molar-refractivity contribution in [2.24, 2.45) is 0 Å². The Hall–Kier alpha value is -1.79. The summed E-state index contributed by atoms with van der Waals surface area (Å²) in [7, 11) is 0. The van der Waals surface area contributed by atoms with E-state index in [9.17, 15) is 18.3 Å². The molecule has 1 fully saturated rings. The van der Waals surface area contributed by atoms with E-state index in [4.69, 9.17) is 5.73 Å². The molecule has 24 heavy (non-hydrogen) atoms. The van der Waals surface area contributed by atoms with E-state index in [1.54, 1.807) is 4.90 Å². The minimum Gasteiger partial charge on any atom is -0.398 e. The Morgan fingerprint density at radius 1 is 1.08 bits per heavy atom. The first-order chi connectivity index (χ1) is 11.4. The van der Waals surface area contributed by atoms with Crippen LogP contribution in [0.4, 0.5) is 18.9 Å². The summed E-state index contributed by atoms with van der Waals surface area (Å²) in [5, 5.41) is 11.3. The number of hydrogen-bond acceptors (Lipinski definition) is 3. The van der Waals surface area contributed by atoms with Crippen LogP contribution in [0, 0.1) is 0 Å². The van der Waals surface area contributed by atoms with Crippen molar-refractivity contribution < 1.29 is 18.3 Å². The number of β-amino-alcohol motifs (C(OH)–C–C–N with tert-alkyl or cyclic N) is 1. The molecule has 130 valence electrons. The number of fused-ring (bicyclic) bond motifs is 1. The molecule has 1 unspecified atom stereocenters. The molecule has 3 N–H and O–H groups in total. The normalized spacial score (nSPS) is 18.8. The van der Waals surface area contributed by atoms with Crippen LogP contribution in [0.3, 0.4) is 0 Å². The fraction of sp³-hybridized carbons (Fsp3) is 0.444. The fourth-order valence-electron chi connectivity index (χ4n) is 3.48. The Morgan fingerprint density at radius 2 is 1.71 bits per heavy atom. The van der Waals surface area contributed by atoms with Gasteiger partial charge in [0.15, 0.2) is 6.10 Å². The van der Waals surface area contributed by atoms with E-state index in [0.717, 1.165) is 29.3 Å². The van der Waals surface area contributed by atoms with Crippen LogP contribution < -0.4 is 5.73 Å². The molecule has 0 saturated carbocycles. The van der Waals surface area contributed by atoms with Gasteiger partial charge in [0, 0.05) is 17.6 Å². The molecule has 1 aliphatic heterocycles.